The van der Waals surface area contributed by atoms with E-state index in [-0.39, 0.29) is 36.4 Å². The molecule has 0 radical (unpaired) electrons. The number of rotatable bonds is 12. The van der Waals surface area contributed by atoms with E-state index < -0.39 is 28.5 Å². The zero-order chi connectivity index (χ0) is 31.8. The van der Waals surface area contributed by atoms with Crippen LogP contribution in [0.2, 0.25) is 5.02 Å². The summed E-state index contributed by atoms with van der Waals surface area (Å²) in [5, 5.41) is 3.71. The Balaban J connectivity index is 1.52. The van der Waals surface area contributed by atoms with E-state index in [4.69, 9.17) is 21.1 Å². The van der Waals surface area contributed by atoms with Crippen molar-refractivity contribution in [2.24, 2.45) is 0 Å². The molecule has 240 valence electrons. The Morgan fingerprint density at radius 1 is 0.911 bits per heavy atom. The molecule has 1 atom stereocenters. The van der Waals surface area contributed by atoms with Crippen molar-refractivity contribution < 1.29 is 27.5 Å². The SMILES string of the molecule is CCS(=O)(=O)N(CC(=O)N(Cc1cccc(Cl)c1)C(Cc1ccccc1)C(=O)NC1CCCCC1)c1ccc2c(c1)OCCO2. The van der Waals surface area contributed by atoms with Gasteiger partial charge in [0, 0.05) is 30.1 Å². The number of carbonyl (C=O) groups excluding carboxylic acids is 2. The summed E-state index contributed by atoms with van der Waals surface area (Å²) in [5.41, 5.74) is 1.89. The summed E-state index contributed by atoms with van der Waals surface area (Å²) >= 11 is 6.32. The molecule has 9 nitrogen and oxygen atoms in total. The number of sulfonamides is 1. The molecule has 5 rings (SSSR count). The van der Waals surface area contributed by atoms with Crippen molar-refractivity contribution >= 4 is 39.1 Å². The fraction of sp³-hybridized carbons (Fsp3) is 0.412. The number of fused-ring (bicyclic) bond motifs is 1. The number of amides is 2. The maximum atomic E-state index is 14.4. The van der Waals surface area contributed by atoms with Crippen molar-refractivity contribution in [1.29, 1.82) is 0 Å². The summed E-state index contributed by atoms with van der Waals surface area (Å²) in [6, 6.07) is 20.6. The first-order valence-electron chi connectivity index (χ1n) is 15.5. The molecule has 2 aliphatic rings. The van der Waals surface area contributed by atoms with E-state index >= 15 is 0 Å². The van der Waals surface area contributed by atoms with Crippen LogP contribution in [0.3, 0.4) is 0 Å². The first-order chi connectivity index (χ1) is 21.7. The number of nitrogens with zero attached hydrogens (tertiary/aromatic N) is 2. The summed E-state index contributed by atoms with van der Waals surface area (Å²) < 4.78 is 39.4. The molecule has 1 aliphatic heterocycles. The zero-order valence-electron chi connectivity index (χ0n) is 25.5. The highest BCUT2D eigenvalue weighted by Gasteiger charge is 2.35. The van der Waals surface area contributed by atoms with E-state index in [1.165, 1.54) is 11.8 Å². The Morgan fingerprint density at radius 3 is 2.33 bits per heavy atom. The Hall–Kier alpha value is -3.76. The van der Waals surface area contributed by atoms with Crippen molar-refractivity contribution in [3.8, 4) is 11.5 Å². The van der Waals surface area contributed by atoms with E-state index in [1.807, 2.05) is 36.4 Å². The molecule has 45 heavy (non-hydrogen) atoms. The van der Waals surface area contributed by atoms with Gasteiger partial charge in [0.15, 0.2) is 11.5 Å². The summed E-state index contributed by atoms with van der Waals surface area (Å²) in [5.74, 6) is -0.0762. The van der Waals surface area contributed by atoms with E-state index in [9.17, 15) is 18.0 Å². The normalized spacial score (nSPS) is 15.6. The van der Waals surface area contributed by atoms with Gasteiger partial charge in [0.25, 0.3) is 0 Å². The quantitative estimate of drug-likeness (QED) is 0.282. The third-order valence-electron chi connectivity index (χ3n) is 8.26. The average molecular weight is 654 g/mol. The maximum absolute atomic E-state index is 14.4. The van der Waals surface area contributed by atoms with Gasteiger partial charge in [-0.3, -0.25) is 13.9 Å². The lowest BCUT2D eigenvalue weighted by Crippen LogP contribution is -2.55. The zero-order valence-corrected chi connectivity index (χ0v) is 27.1. The molecule has 1 heterocycles. The molecule has 0 bridgehead atoms. The number of ether oxygens (including phenoxy) is 2. The van der Waals surface area contributed by atoms with Crippen LogP contribution in [0.15, 0.2) is 72.8 Å². The third kappa shape index (κ3) is 8.49. The van der Waals surface area contributed by atoms with Crippen LogP contribution in [0.25, 0.3) is 0 Å². The van der Waals surface area contributed by atoms with Crippen LogP contribution in [0.1, 0.15) is 50.2 Å². The van der Waals surface area contributed by atoms with Crippen LogP contribution in [0.4, 0.5) is 5.69 Å². The number of halogens is 1. The number of benzene rings is 3. The van der Waals surface area contributed by atoms with Gasteiger partial charge in [-0.2, -0.15) is 0 Å². The van der Waals surface area contributed by atoms with Gasteiger partial charge in [0.1, 0.15) is 25.8 Å². The van der Waals surface area contributed by atoms with E-state index in [0.717, 1.165) is 47.5 Å². The van der Waals surface area contributed by atoms with Gasteiger partial charge in [-0.25, -0.2) is 8.42 Å². The van der Waals surface area contributed by atoms with Crippen molar-refractivity contribution in [2.45, 2.75) is 64.1 Å². The molecule has 0 saturated heterocycles. The number of hydrogen-bond acceptors (Lipinski definition) is 6. The molecule has 1 saturated carbocycles. The van der Waals surface area contributed by atoms with Crippen molar-refractivity contribution in [3.05, 3.63) is 88.9 Å². The average Bonchev–Trinajstić information content (AvgIpc) is 3.05. The van der Waals surface area contributed by atoms with E-state index in [2.05, 4.69) is 5.32 Å². The summed E-state index contributed by atoms with van der Waals surface area (Å²) in [6.45, 7) is 1.82. The highest BCUT2D eigenvalue weighted by atomic mass is 35.5. The molecule has 0 aromatic heterocycles. The van der Waals surface area contributed by atoms with Crippen LogP contribution in [-0.4, -0.2) is 62.7 Å². The maximum Gasteiger partial charge on any atom is 0.244 e. The monoisotopic (exact) mass is 653 g/mol. The van der Waals surface area contributed by atoms with Gasteiger partial charge in [0.2, 0.25) is 21.8 Å². The Kier molecular flexibility index (Phi) is 10.9. The molecule has 2 amide bonds. The molecular formula is C34H40ClN3O6S. The fourth-order valence-electron chi connectivity index (χ4n) is 5.84. The van der Waals surface area contributed by atoms with Crippen LogP contribution in [0.5, 0.6) is 11.5 Å². The number of carbonyl (C=O) groups is 2. The van der Waals surface area contributed by atoms with Gasteiger partial charge >= 0.3 is 0 Å². The molecule has 11 heteroatoms. The van der Waals surface area contributed by atoms with Gasteiger partial charge < -0.3 is 19.7 Å². The highest BCUT2D eigenvalue weighted by molar-refractivity contribution is 7.92. The third-order valence-corrected chi connectivity index (χ3v) is 10.2. The molecule has 3 aromatic carbocycles. The summed E-state index contributed by atoms with van der Waals surface area (Å²) in [6.07, 6.45) is 5.26. The van der Waals surface area contributed by atoms with Gasteiger partial charge in [0.05, 0.1) is 11.4 Å². The van der Waals surface area contributed by atoms with E-state index in [1.54, 1.807) is 36.4 Å². The molecule has 1 N–H and O–H groups in total. The molecule has 3 aromatic rings. The predicted octanol–water partition coefficient (Wildman–Crippen LogP) is 5.36. The second kappa shape index (κ2) is 15.0. The van der Waals surface area contributed by atoms with Crippen molar-refractivity contribution in [2.75, 3.05) is 29.8 Å². The summed E-state index contributed by atoms with van der Waals surface area (Å²) in [7, 11) is -3.91. The van der Waals surface area contributed by atoms with Gasteiger partial charge in [-0.15, -0.1) is 0 Å². The Morgan fingerprint density at radius 2 is 1.62 bits per heavy atom. The molecule has 1 aliphatic carbocycles. The Bertz CT molecular complexity index is 1580. The van der Waals surface area contributed by atoms with Crippen LogP contribution in [-0.2, 0) is 32.6 Å². The van der Waals surface area contributed by atoms with Crippen molar-refractivity contribution in [1.82, 2.24) is 10.2 Å². The molecule has 1 unspecified atom stereocenters. The first kappa shape index (κ1) is 32.6. The molecule has 1 fully saturated rings. The van der Waals surface area contributed by atoms with Crippen LogP contribution >= 0.6 is 11.6 Å². The predicted molar refractivity (Wildman–Crippen MR) is 175 cm³/mol. The summed E-state index contributed by atoms with van der Waals surface area (Å²) in [4.78, 5) is 30.0. The fourth-order valence-corrected chi connectivity index (χ4v) is 7.10. The first-order valence-corrected chi connectivity index (χ1v) is 17.5. The largest absolute Gasteiger partial charge is 0.486 e. The molecular weight excluding hydrogens is 614 g/mol. The highest BCUT2D eigenvalue weighted by Crippen LogP contribution is 2.35. The lowest BCUT2D eigenvalue weighted by atomic mass is 9.94. The minimum atomic E-state index is -3.91. The van der Waals surface area contributed by atoms with E-state index in [0.29, 0.717) is 29.7 Å². The van der Waals surface area contributed by atoms with Crippen LogP contribution in [0, 0.1) is 0 Å². The smallest absolute Gasteiger partial charge is 0.244 e. The Labute approximate surface area is 270 Å². The second-order valence-electron chi connectivity index (χ2n) is 11.4. The standard InChI is InChI=1S/C34H40ClN3O6S/c1-2-45(41,42)38(29-16-17-31-32(22-29)44-19-18-43-31)24-33(39)37(23-26-12-9-13-27(35)20-26)30(21-25-10-5-3-6-11-25)34(40)36-28-14-7-4-8-15-28/h3,5-6,9-13,16-17,20,22,28,30H,2,4,7-8,14-15,18-19,21,23-24H2,1H3,(H,36,40). The molecule has 0 spiro atoms. The lowest BCUT2D eigenvalue weighted by molar-refractivity contribution is -0.140. The lowest BCUT2D eigenvalue weighted by Gasteiger charge is -2.35. The van der Waals surface area contributed by atoms with Gasteiger partial charge in [-0.1, -0.05) is 73.3 Å². The second-order valence-corrected chi connectivity index (χ2v) is 14.1. The number of nitrogens with one attached hydrogen (secondary N) is 1. The minimum Gasteiger partial charge on any atom is -0.486 e. The minimum absolute atomic E-state index is 0.0299. The number of anilines is 1. The topological polar surface area (TPSA) is 105 Å². The van der Waals surface area contributed by atoms with Crippen LogP contribution < -0.4 is 19.1 Å². The van der Waals surface area contributed by atoms with Crippen molar-refractivity contribution in [3.63, 3.8) is 0 Å². The van der Waals surface area contributed by atoms with Gasteiger partial charge in [-0.05, 0) is 55.2 Å². The number of hydrogen-bond donors (Lipinski definition) is 1.